The first-order valence-electron chi connectivity index (χ1n) is 9.98. The van der Waals surface area contributed by atoms with Gasteiger partial charge in [0.25, 0.3) is 5.56 Å². The van der Waals surface area contributed by atoms with Gasteiger partial charge in [0, 0.05) is 7.05 Å². The fraction of sp³-hybridized carbons (Fsp3) is 0.684. The highest BCUT2D eigenvalue weighted by Gasteiger charge is 2.28. The van der Waals surface area contributed by atoms with Gasteiger partial charge in [-0.05, 0) is 32.9 Å². The van der Waals surface area contributed by atoms with Gasteiger partial charge in [0.1, 0.15) is 11.9 Å². The maximum Gasteiger partial charge on any atom is 0.329 e. The average molecular weight is 393 g/mol. The molecule has 2 heterocycles. The number of H-pyrrole nitrogens is 1. The minimum atomic E-state index is -0.677. The van der Waals surface area contributed by atoms with Crippen molar-refractivity contribution in [2.75, 3.05) is 19.7 Å². The lowest BCUT2D eigenvalue weighted by Gasteiger charge is -2.23. The maximum atomic E-state index is 12.6. The Hall–Kier alpha value is -2.42. The normalized spacial score (nSPS) is 12.6. The lowest BCUT2D eigenvalue weighted by Crippen LogP contribution is -2.32. The SMILES string of the molecule is CCCCN(CC)Cc1nc2c(c(=O)[nH]c(=O)n2C)n1[C@H](CC)C(=O)OCC. The molecule has 0 aliphatic rings. The number of carbonyl (C=O) groups excluding carboxylic acids is 1. The molecule has 2 rings (SSSR count). The van der Waals surface area contributed by atoms with Gasteiger partial charge >= 0.3 is 11.7 Å². The zero-order valence-corrected chi connectivity index (χ0v) is 17.4. The summed E-state index contributed by atoms with van der Waals surface area (Å²) in [6, 6.07) is -0.677. The maximum absolute atomic E-state index is 12.6. The van der Waals surface area contributed by atoms with Crippen LogP contribution in [0.1, 0.15) is 58.8 Å². The largest absolute Gasteiger partial charge is 0.464 e. The van der Waals surface area contributed by atoms with E-state index in [1.165, 1.54) is 4.57 Å². The smallest absolute Gasteiger partial charge is 0.329 e. The molecule has 0 amide bonds. The van der Waals surface area contributed by atoms with Crippen molar-refractivity contribution in [2.24, 2.45) is 7.05 Å². The third-order valence-corrected chi connectivity index (χ3v) is 4.92. The van der Waals surface area contributed by atoms with Crippen molar-refractivity contribution in [2.45, 2.75) is 59.5 Å². The first-order chi connectivity index (χ1) is 13.4. The van der Waals surface area contributed by atoms with Gasteiger partial charge < -0.3 is 9.30 Å². The fourth-order valence-corrected chi connectivity index (χ4v) is 3.32. The van der Waals surface area contributed by atoms with Crippen LogP contribution in [0.25, 0.3) is 11.2 Å². The van der Waals surface area contributed by atoms with Crippen LogP contribution in [0.2, 0.25) is 0 Å². The summed E-state index contributed by atoms with van der Waals surface area (Å²) in [5, 5.41) is 0. The van der Waals surface area contributed by atoms with Crippen molar-refractivity contribution in [3.63, 3.8) is 0 Å². The molecule has 2 aromatic heterocycles. The van der Waals surface area contributed by atoms with Crippen LogP contribution in [0.4, 0.5) is 0 Å². The van der Waals surface area contributed by atoms with Crippen molar-refractivity contribution >= 4 is 17.1 Å². The van der Waals surface area contributed by atoms with Gasteiger partial charge in [0.05, 0.1) is 13.2 Å². The summed E-state index contributed by atoms with van der Waals surface area (Å²) in [6.07, 6.45) is 2.56. The van der Waals surface area contributed by atoms with Gasteiger partial charge in [0.15, 0.2) is 11.2 Å². The number of nitrogens with one attached hydrogen (secondary N) is 1. The predicted molar refractivity (Wildman–Crippen MR) is 107 cm³/mol. The highest BCUT2D eigenvalue weighted by Crippen LogP contribution is 2.23. The van der Waals surface area contributed by atoms with Crippen LogP contribution >= 0.6 is 0 Å². The molecule has 0 bridgehead atoms. The summed E-state index contributed by atoms with van der Waals surface area (Å²) >= 11 is 0. The predicted octanol–water partition coefficient (Wildman–Crippen LogP) is 1.56. The highest BCUT2D eigenvalue weighted by molar-refractivity contribution is 5.79. The van der Waals surface area contributed by atoms with Crippen molar-refractivity contribution in [3.8, 4) is 0 Å². The second-order valence-corrected chi connectivity index (χ2v) is 6.79. The molecule has 0 aromatic carbocycles. The molecule has 0 unspecified atom stereocenters. The molecule has 0 radical (unpaired) electrons. The van der Waals surface area contributed by atoms with Gasteiger partial charge in [-0.2, -0.15) is 0 Å². The van der Waals surface area contributed by atoms with Crippen LogP contribution in [-0.4, -0.2) is 49.7 Å². The van der Waals surface area contributed by atoms with E-state index >= 15 is 0 Å². The molecule has 0 spiro atoms. The van der Waals surface area contributed by atoms with Crippen LogP contribution in [0.3, 0.4) is 0 Å². The van der Waals surface area contributed by atoms with Crippen LogP contribution in [0.15, 0.2) is 9.59 Å². The second kappa shape index (κ2) is 9.68. The van der Waals surface area contributed by atoms with E-state index in [2.05, 4.69) is 28.7 Å². The molecule has 0 saturated carbocycles. The molecule has 1 atom stereocenters. The number of rotatable bonds is 10. The van der Waals surface area contributed by atoms with Gasteiger partial charge in [-0.25, -0.2) is 14.6 Å². The second-order valence-electron chi connectivity index (χ2n) is 6.79. The van der Waals surface area contributed by atoms with Gasteiger partial charge in [-0.3, -0.25) is 19.2 Å². The van der Waals surface area contributed by atoms with Gasteiger partial charge in [0.2, 0.25) is 0 Å². The summed E-state index contributed by atoms with van der Waals surface area (Å²) in [6.45, 7) is 10.2. The van der Waals surface area contributed by atoms with E-state index in [1.807, 2.05) is 6.92 Å². The Morgan fingerprint density at radius 3 is 2.54 bits per heavy atom. The summed E-state index contributed by atoms with van der Waals surface area (Å²) in [7, 11) is 1.56. The average Bonchev–Trinajstić information content (AvgIpc) is 3.03. The molecule has 0 aliphatic heterocycles. The third kappa shape index (κ3) is 4.35. The van der Waals surface area contributed by atoms with Crippen molar-refractivity contribution in [3.05, 3.63) is 26.7 Å². The molecule has 9 heteroatoms. The minimum Gasteiger partial charge on any atom is -0.464 e. The molecule has 0 aliphatic carbocycles. The number of carbonyl (C=O) groups is 1. The molecule has 0 saturated heterocycles. The summed E-state index contributed by atoms with van der Waals surface area (Å²) in [5.41, 5.74) is -0.575. The topological polar surface area (TPSA) is 102 Å². The van der Waals surface area contributed by atoms with Crippen LogP contribution in [-0.2, 0) is 23.1 Å². The summed E-state index contributed by atoms with van der Waals surface area (Å²) in [4.78, 5) is 46.4. The first-order valence-corrected chi connectivity index (χ1v) is 9.98. The van der Waals surface area contributed by atoms with Gasteiger partial charge in [-0.15, -0.1) is 0 Å². The number of fused-ring (bicyclic) bond motifs is 1. The number of aryl methyl sites for hydroxylation is 1. The van der Waals surface area contributed by atoms with E-state index in [0.717, 1.165) is 25.9 Å². The Kier molecular flexibility index (Phi) is 7.56. The number of nitrogens with zero attached hydrogens (tertiary/aromatic N) is 4. The van der Waals surface area contributed by atoms with Crippen molar-refractivity contribution in [1.29, 1.82) is 0 Å². The summed E-state index contributed by atoms with van der Waals surface area (Å²) in [5.74, 6) is 0.176. The summed E-state index contributed by atoms with van der Waals surface area (Å²) < 4.78 is 8.19. The highest BCUT2D eigenvalue weighted by atomic mass is 16.5. The third-order valence-electron chi connectivity index (χ3n) is 4.92. The molecule has 9 nitrogen and oxygen atoms in total. The van der Waals surface area contributed by atoms with E-state index in [0.29, 0.717) is 18.8 Å². The van der Waals surface area contributed by atoms with Crippen LogP contribution < -0.4 is 11.2 Å². The van der Waals surface area contributed by atoms with E-state index in [4.69, 9.17) is 4.74 Å². The number of aromatic amines is 1. The Morgan fingerprint density at radius 2 is 1.96 bits per heavy atom. The van der Waals surface area contributed by atoms with E-state index in [9.17, 15) is 14.4 Å². The number of hydrogen-bond donors (Lipinski definition) is 1. The Balaban J connectivity index is 2.69. The Morgan fingerprint density at radius 1 is 1.25 bits per heavy atom. The molecule has 0 fully saturated rings. The van der Waals surface area contributed by atoms with E-state index in [-0.39, 0.29) is 17.8 Å². The van der Waals surface area contributed by atoms with Gasteiger partial charge in [-0.1, -0.05) is 27.2 Å². The van der Waals surface area contributed by atoms with E-state index in [1.54, 1.807) is 18.5 Å². The monoisotopic (exact) mass is 393 g/mol. The number of unbranched alkanes of at least 4 members (excludes halogenated alkanes) is 1. The number of imidazole rings is 1. The Labute approximate surface area is 164 Å². The van der Waals surface area contributed by atoms with Crippen molar-refractivity contribution in [1.82, 2.24) is 24.0 Å². The Bertz CT molecular complexity index is 927. The van der Waals surface area contributed by atoms with Crippen LogP contribution in [0.5, 0.6) is 0 Å². The molecule has 2 aromatic rings. The number of aromatic nitrogens is 4. The first kappa shape index (κ1) is 21.9. The molecular formula is C19H31N5O4. The minimum absolute atomic E-state index is 0.226. The zero-order valence-electron chi connectivity index (χ0n) is 17.4. The quantitative estimate of drug-likeness (QED) is 0.615. The zero-order chi connectivity index (χ0) is 20.8. The molecular weight excluding hydrogens is 362 g/mol. The fourth-order valence-electron chi connectivity index (χ4n) is 3.32. The standard InChI is InChI=1S/C19H31N5O4/c1-6-10-11-23(8-3)12-14-20-16-15(17(25)21-19(27)22(16)5)24(14)13(7-2)18(26)28-9-4/h13H,6-12H2,1-5H3,(H,21,25,27)/t13-/m1/s1. The van der Waals surface area contributed by atoms with Crippen LogP contribution in [0, 0.1) is 0 Å². The number of ether oxygens (including phenoxy) is 1. The molecule has 156 valence electrons. The lowest BCUT2D eigenvalue weighted by atomic mass is 10.2. The number of hydrogen-bond acceptors (Lipinski definition) is 6. The molecule has 1 N–H and O–H groups in total. The molecule has 28 heavy (non-hydrogen) atoms. The number of esters is 1. The van der Waals surface area contributed by atoms with Crippen molar-refractivity contribution < 1.29 is 9.53 Å². The van der Waals surface area contributed by atoms with E-state index < -0.39 is 23.3 Å². The lowest BCUT2D eigenvalue weighted by molar-refractivity contribution is -0.147.